The summed E-state index contributed by atoms with van der Waals surface area (Å²) < 4.78 is 12.1. The summed E-state index contributed by atoms with van der Waals surface area (Å²) in [6, 6.07) is 0.146. The largest absolute Gasteiger partial charge is 0.498 e. The highest BCUT2D eigenvalue weighted by Crippen LogP contribution is 2.36. The van der Waals surface area contributed by atoms with Crippen LogP contribution in [0.4, 0.5) is 5.95 Å². The molecule has 7 nitrogen and oxygen atoms in total. The number of nitrogens with zero attached hydrogens (tertiary/aromatic N) is 4. The summed E-state index contributed by atoms with van der Waals surface area (Å²) in [5, 5.41) is 0. The van der Waals surface area contributed by atoms with Crippen LogP contribution in [0.2, 0.25) is 0 Å². The Morgan fingerprint density at radius 1 is 1.30 bits per heavy atom. The molecule has 3 heterocycles. The van der Waals surface area contributed by atoms with E-state index in [4.69, 9.17) is 20.9 Å². The molecule has 1 unspecified atom stereocenters. The summed E-state index contributed by atoms with van der Waals surface area (Å²) in [6.07, 6.45) is 5.47. The van der Waals surface area contributed by atoms with Gasteiger partial charge in [0.05, 0.1) is 11.2 Å². The molecule has 2 fully saturated rings. The minimum atomic E-state index is -0.471. The lowest BCUT2D eigenvalue weighted by atomic mass is 9.81. The van der Waals surface area contributed by atoms with E-state index in [9.17, 15) is 4.79 Å². The lowest BCUT2D eigenvalue weighted by molar-refractivity contribution is -0.129. The number of alkyl halides is 1. The maximum atomic E-state index is 12.0. The van der Waals surface area contributed by atoms with Crippen molar-refractivity contribution in [3.8, 4) is 0 Å². The second-order valence-electron chi connectivity index (χ2n) is 8.30. The van der Waals surface area contributed by atoms with Crippen LogP contribution in [-0.4, -0.2) is 71.2 Å². The first-order chi connectivity index (χ1) is 12.6. The SMILES string of the molecule is CN(CC1CCCN1C(=O)CCl)c1ncc(B2OC(C)(C)C(C)(C)O2)cn1. The molecule has 1 amide bonds. The lowest BCUT2D eigenvalue weighted by Crippen LogP contribution is -2.43. The second kappa shape index (κ2) is 7.56. The number of carbonyl (C=O) groups is 1. The van der Waals surface area contributed by atoms with Crippen molar-refractivity contribution in [3.63, 3.8) is 0 Å². The van der Waals surface area contributed by atoms with E-state index < -0.39 is 18.3 Å². The Morgan fingerprint density at radius 2 is 1.89 bits per heavy atom. The number of amides is 1. The number of halogens is 1. The van der Waals surface area contributed by atoms with Crippen molar-refractivity contribution in [1.29, 1.82) is 0 Å². The summed E-state index contributed by atoms with van der Waals surface area (Å²) in [6.45, 7) is 9.53. The van der Waals surface area contributed by atoms with Crippen LogP contribution < -0.4 is 10.4 Å². The van der Waals surface area contributed by atoms with E-state index in [0.717, 1.165) is 24.8 Å². The first-order valence-electron chi connectivity index (χ1n) is 9.39. The number of likely N-dealkylation sites (N-methyl/N-ethyl adjacent to an activating group) is 1. The van der Waals surface area contributed by atoms with Gasteiger partial charge in [-0.15, -0.1) is 11.6 Å². The van der Waals surface area contributed by atoms with Gasteiger partial charge >= 0.3 is 7.12 Å². The molecule has 0 radical (unpaired) electrons. The van der Waals surface area contributed by atoms with Crippen LogP contribution in [-0.2, 0) is 14.1 Å². The molecule has 2 aliphatic heterocycles. The Labute approximate surface area is 166 Å². The van der Waals surface area contributed by atoms with Crippen molar-refractivity contribution in [1.82, 2.24) is 14.9 Å². The van der Waals surface area contributed by atoms with E-state index >= 15 is 0 Å². The Bertz CT molecular complexity index is 670. The van der Waals surface area contributed by atoms with Gasteiger partial charge in [0.25, 0.3) is 0 Å². The maximum Gasteiger partial charge on any atom is 0.498 e. The standard InChI is InChI=1S/C18H28BClN4O3/c1-17(2)18(3,4)27-19(26-17)13-10-21-16(22-11-13)23(5)12-14-7-6-8-24(14)15(25)9-20/h10-11,14H,6-9,12H2,1-5H3. The van der Waals surface area contributed by atoms with Crippen LogP contribution in [0.5, 0.6) is 0 Å². The third-order valence-corrected chi connectivity index (χ3v) is 6.05. The third kappa shape index (κ3) is 4.07. The Balaban J connectivity index is 1.64. The van der Waals surface area contributed by atoms with Gasteiger partial charge in [-0.1, -0.05) is 0 Å². The fourth-order valence-corrected chi connectivity index (χ4v) is 3.61. The molecule has 2 saturated heterocycles. The molecule has 0 bridgehead atoms. The van der Waals surface area contributed by atoms with E-state index in [1.807, 2.05) is 44.5 Å². The van der Waals surface area contributed by atoms with Gasteiger partial charge in [0.1, 0.15) is 5.88 Å². The highest BCUT2D eigenvalue weighted by atomic mass is 35.5. The molecular formula is C18H28BClN4O3. The molecule has 0 aromatic carbocycles. The lowest BCUT2D eigenvalue weighted by Gasteiger charge is -2.32. The topological polar surface area (TPSA) is 67.8 Å². The number of rotatable bonds is 5. The third-order valence-electron chi connectivity index (χ3n) is 5.82. The number of carbonyl (C=O) groups excluding carboxylic acids is 1. The van der Waals surface area contributed by atoms with Crippen LogP contribution in [0, 0.1) is 0 Å². The van der Waals surface area contributed by atoms with E-state index in [1.165, 1.54) is 0 Å². The second-order valence-corrected chi connectivity index (χ2v) is 8.57. The Kier molecular flexibility index (Phi) is 5.70. The maximum absolute atomic E-state index is 12.0. The first-order valence-corrected chi connectivity index (χ1v) is 9.92. The normalized spacial score (nSPS) is 23.7. The van der Waals surface area contributed by atoms with Gasteiger partial charge in [0, 0.05) is 44.0 Å². The van der Waals surface area contributed by atoms with Crippen LogP contribution in [0.3, 0.4) is 0 Å². The average Bonchev–Trinajstić information content (AvgIpc) is 3.16. The van der Waals surface area contributed by atoms with Crippen molar-refractivity contribution < 1.29 is 14.1 Å². The van der Waals surface area contributed by atoms with E-state index in [-0.39, 0.29) is 17.8 Å². The zero-order valence-corrected chi connectivity index (χ0v) is 17.5. The van der Waals surface area contributed by atoms with Gasteiger partial charge in [-0.3, -0.25) is 4.79 Å². The van der Waals surface area contributed by atoms with Gasteiger partial charge in [0.2, 0.25) is 11.9 Å². The molecule has 0 spiro atoms. The zero-order chi connectivity index (χ0) is 19.8. The van der Waals surface area contributed by atoms with Gasteiger partial charge < -0.3 is 19.1 Å². The minimum Gasteiger partial charge on any atom is -0.399 e. The van der Waals surface area contributed by atoms with Crippen LogP contribution >= 0.6 is 11.6 Å². The van der Waals surface area contributed by atoms with Gasteiger partial charge in [-0.2, -0.15) is 0 Å². The predicted octanol–water partition coefficient (Wildman–Crippen LogP) is 1.44. The number of hydrogen-bond donors (Lipinski definition) is 0. The Hall–Kier alpha value is -1.38. The van der Waals surface area contributed by atoms with Crippen LogP contribution in [0.1, 0.15) is 40.5 Å². The molecule has 3 rings (SSSR count). The molecule has 1 atom stereocenters. The molecule has 1 aromatic rings. The van der Waals surface area contributed by atoms with Gasteiger partial charge in [0.15, 0.2) is 0 Å². The van der Waals surface area contributed by atoms with Crippen molar-refractivity contribution in [3.05, 3.63) is 12.4 Å². The predicted molar refractivity (Wildman–Crippen MR) is 106 cm³/mol. The highest BCUT2D eigenvalue weighted by Gasteiger charge is 2.52. The van der Waals surface area contributed by atoms with Crippen molar-refractivity contribution in [2.24, 2.45) is 0 Å². The summed E-state index contributed by atoms with van der Waals surface area (Å²) in [4.78, 5) is 24.7. The quantitative estimate of drug-likeness (QED) is 0.556. The molecule has 0 aliphatic carbocycles. The molecule has 9 heteroatoms. The minimum absolute atomic E-state index is 0.00964. The monoisotopic (exact) mass is 394 g/mol. The highest BCUT2D eigenvalue weighted by molar-refractivity contribution is 6.61. The van der Waals surface area contributed by atoms with Crippen LogP contribution in [0.15, 0.2) is 12.4 Å². The molecular weight excluding hydrogens is 366 g/mol. The van der Waals surface area contributed by atoms with Crippen molar-refractivity contribution in [2.75, 3.05) is 30.9 Å². The number of aromatic nitrogens is 2. The number of hydrogen-bond acceptors (Lipinski definition) is 6. The molecule has 27 heavy (non-hydrogen) atoms. The smallest absolute Gasteiger partial charge is 0.399 e. The number of likely N-dealkylation sites (tertiary alicyclic amines) is 1. The van der Waals surface area contributed by atoms with Crippen molar-refractivity contribution in [2.45, 2.75) is 57.8 Å². The summed E-state index contributed by atoms with van der Waals surface area (Å²) >= 11 is 5.72. The van der Waals surface area contributed by atoms with Crippen molar-refractivity contribution >= 4 is 36.0 Å². The van der Waals surface area contributed by atoms with E-state index in [0.29, 0.717) is 12.5 Å². The van der Waals surface area contributed by atoms with Gasteiger partial charge in [-0.05, 0) is 40.5 Å². The average molecular weight is 395 g/mol. The Morgan fingerprint density at radius 3 is 2.44 bits per heavy atom. The van der Waals surface area contributed by atoms with E-state index in [2.05, 4.69) is 9.97 Å². The van der Waals surface area contributed by atoms with E-state index in [1.54, 1.807) is 12.4 Å². The number of anilines is 1. The molecule has 148 valence electrons. The summed E-state index contributed by atoms with van der Waals surface area (Å²) in [5.74, 6) is 0.629. The summed E-state index contributed by atoms with van der Waals surface area (Å²) in [5.41, 5.74) is 0.00722. The molecule has 0 N–H and O–H groups in total. The van der Waals surface area contributed by atoms with Crippen LogP contribution in [0.25, 0.3) is 0 Å². The molecule has 0 saturated carbocycles. The fraction of sp³-hybridized carbons (Fsp3) is 0.722. The molecule has 1 aromatic heterocycles. The first kappa shape index (κ1) is 20.4. The zero-order valence-electron chi connectivity index (χ0n) is 16.7. The summed E-state index contributed by atoms with van der Waals surface area (Å²) in [7, 11) is 1.46. The van der Waals surface area contributed by atoms with Gasteiger partial charge in [-0.25, -0.2) is 9.97 Å². The fourth-order valence-electron chi connectivity index (χ4n) is 3.46. The molecule has 2 aliphatic rings.